The van der Waals surface area contributed by atoms with Gasteiger partial charge in [0.05, 0.1) is 12.7 Å². The Balaban J connectivity index is 1.75. The minimum atomic E-state index is 0.347. The molecule has 0 radical (unpaired) electrons. The monoisotopic (exact) mass is 329 g/mol. The Hall–Kier alpha value is -1.62. The molecule has 0 N–H and O–H groups in total. The average Bonchev–Trinajstić information content (AvgIpc) is 3.25. The fourth-order valence-electron chi connectivity index (χ4n) is 3.25. The molecule has 1 aliphatic rings. The quantitative estimate of drug-likeness (QED) is 0.736. The van der Waals surface area contributed by atoms with Crippen LogP contribution in [0.15, 0.2) is 40.8 Å². The Morgan fingerprint density at radius 1 is 1.21 bits per heavy atom. The number of hydrogen-bond donors (Lipinski definition) is 0. The number of nitrogens with zero attached hydrogens (tertiary/aromatic N) is 1. The molecule has 1 aromatic carbocycles. The molecular weight excluding hydrogens is 302 g/mol. The van der Waals surface area contributed by atoms with Crippen molar-refractivity contribution in [1.29, 1.82) is 0 Å². The third kappa shape index (κ3) is 4.47. The second kappa shape index (κ2) is 8.47. The van der Waals surface area contributed by atoms with Crippen LogP contribution in [0.25, 0.3) is 11.3 Å². The molecule has 4 nitrogen and oxygen atoms in total. The van der Waals surface area contributed by atoms with Gasteiger partial charge in [-0.1, -0.05) is 24.3 Å². The van der Waals surface area contributed by atoms with Crippen molar-refractivity contribution < 1.29 is 13.9 Å². The molecule has 2 heterocycles. The van der Waals surface area contributed by atoms with E-state index in [9.17, 15) is 0 Å². The van der Waals surface area contributed by atoms with Crippen molar-refractivity contribution in [3.8, 4) is 11.3 Å². The lowest BCUT2D eigenvalue weighted by Gasteiger charge is -2.25. The maximum Gasteiger partial charge on any atom is 0.134 e. The molecule has 0 aliphatic carbocycles. The first-order chi connectivity index (χ1) is 11.8. The SMILES string of the molecule is COCCN(Cc1ccccc1-c1ccc(C)o1)C[C@H]1CCCO1. The largest absolute Gasteiger partial charge is 0.461 e. The molecule has 1 saturated heterocycles. The normalized spacial score (nSPS) is 17.7. The first kappa shape index (κ1) is 17.2. The minimum absolute atomic E-state index is 0.347. The van der Waals surface area contributed by atoms with Crippen LogP contribution in [0.3, 0.4) is 0 Å². The molecule has 0 bridgehead atoms. The third-order valence-electron chi connectivity index (χ3n) is 4.51. The fraction of sp³-hybridized carbons (Fsp3) is 0.500. The molecule has 24 heavy (non-hydrogen) atoms. The molecule has 4 heteroatoms. The highest BCUT2D eigenvalue weighted by Crippen LogP contribution is 2.27. The number of aryl methyl sites for hydroxylation is 1. The van der Waals surface area contributed by atoms with Crippen LogP contribution in [0.5, 0.6) is 0 Å². The van der Waals surface area contributed by atoms with Crippen molar-refractivity contribution in [2.45, 2.75) is 32.4 Å². The lowest BCUT2D eigenvalue weighted by atomic mass is 10.0. The minimum Gasteiger partial charge on any atom is -0.461 e. The highest BCUT2D eigenvalue weighted by molar-refractivity contribution is 5.62. The van der Waals surface area contributed by atoms with Crippen LogP contribution in [0.4, 0.5) is 0 Å². The first-order valence-electron chi connectivity index (χ1n) is 8.74. The molecule has 1 aliphatic heterocycles. The van der Waals surface area contributed by atoms with Gasteiger partial charge in [0.2, 0.25) is 0 Å². The Bertz CT molecular complexity index is 631. The van der Waals surface area contributed by atoms with E-state index in [0.717, 1.165) is 50.8 Å². The topological polar surface area (TPSA) is 34.8 Å². The zero-order valence-corrected chi connectivity index (χ0v) is 14.7. The van der Waals surface area contributed by atoms with E-state index in [1.807, 2.05) is 19.1 Å². The standard InChI is InChI=1S/C20H27NO3/c1-16-9-10-20(24-16)19-8-4-3-6-17(19)14-21(11-13-22-2)15-18-7-5-12-23-18/h3-4,6,8-10,18H,5,7,11-15H2,1-2H3/t18-/m1/s1. The zero-order chi connectivity index (χ0) is 16.8. The second-order valence-electron chi connectivity index (χ2n) is 6.43. The van der Waals surface area contributed by atoms with Crippen molar-refractivity contribution in [3.63, 3.8) is 0 Å². The van der Waals surface area contributed by atoms with Gasteiger partial charge in [0.1, 0.15) is 11.5 Å². The maximum absolute atomic E-state index is 5.84. The van der Waals surface area contributed by atoms with Gasteiger partial charge in [-0.15, -0.1) is 0 Å². The van der Waals surface area contributed by atoms with Crippen LogP contribution in [0.2, 0.25) is 0 Å². The van der Waals surface area contributed by atoms with Gasteiger partial charge >= 0.3 is 0 Å². The van der Waals surface area contributed by atoms with Crippen LogP contribution >= 0.6 is 0 Å². The summed E-state index contributed by atoms with van der Waals surface area (Å²) in [6.07, 6.45) is 2.67. The molecular formula is C20H27NO3. The number of furan rings is 1. The van der Waals surface area contributed by atoms with E-state index in [4.69, 9.17) is 13.9 Å². The number of rotatable bonds is 8. The summed E-state index contributed by atoms with van der Waals surface area (Å²) in [6.45, 7) is 6.34. The van der Waals surface area contributed by atoms with Crippen molar-refractivity contribution >= 4 is 0 Å². The molecule has 0 amide bonds. The summed E-state index contributed by atoms with van der Waals surface area (Å²) in [5.74, 6) is 1.88. The molecule has 0 unspecified atom stereocenters. The molecule has 1 fully saturated rings. The second-order valence-corrected chi connectivity index (χ2v) is 6.43. The molecule has 0 saturated carbocycles. The van der Waals surface area contributed by atoms with Gasteiger partial charge in [-0.2, -0.15) is 0 Å². The zero-order valence-electron chi connectivity index (χ0n) is 14.7. The maximum atomic E-state index is 5.84. The van der Waals surface area contributed by atoms with Crippen LogP contribution in [0, 0.1) is 6.92 Å². The molecule has 3 rings (SSSR count). The third-order valence-corrected chi connectivity index (χ3v) is 4.51. The number of hydrogen-bond acceptors (Lipinski definition) is 4. The van der Waals surface area contributed by atoms with Crippen molar-refractivity contribution in [3.05, 3.63) is 47.7 Å². The van der Waals surface area contributed by atoms with Crippen LogP contribution in [-0.4, -0.2) is 44.4 Å². The van der Waals surface area contributed by atoms with E-state index in [2.05, 4.69) is 29.2 Å². The van der Waals surface area contributed by atoms with Crippen LogP contribution in [-0.2, 0) is 16.0 Å². The summed E-state index contributed by atoms with van der Waals surface area (Å²) >= 11 is 0. The summed E-state index contributed by atoms with van der Waals surface area (Å²) < 4.78 is 16.9. The summed E-state index contributed by atoms with van der Waals surface area (Å²) in [6, 6.07) is 12.5. The highest BCUT2D eigenvalue weighted by atomic mass is 16.5. The van der Waals surface area contributed by atoms with Gasteiger partial charge < -0.3 is 13.9 Å². The number of ether oxygens (including phenoxy) is 2. The predicted molar refractivity (Wildman–Crippen MR) is 95.0 cm³/mol. The Morgan fingerprint density at radius 2 is 2.08 bits per heavy atom. The first-order valence-corrected chi connectivity index (χ1v) is 8.74. The molecule has 1 aromatic heterocycles. The van der Waals surface area contributed by atoms with E-state index in [1.54, 1.807) is 7.11 Å². The van der Waals surface area contributed by atoms with Crippen molar-refractivity contribution in [2.75, 3.05) is 33.4 Å². The van der Waals surface area contributed by atoms with E-state index in [0.29, 0.717) is 6.10 Å². The van der Waals surface area contributed by atoms with E-state index in [-0.39, 0.29) is 0 Å². The molecule has 1 atom stereocenters. The fourth-order valence-corrected chi connectivity index (χ4v) is 3.25. The Labute approximate surface area is 144 Å². The number of methoxy groups -OCH3 is 1. The predicted octanol–water partition coefficient (Wildman–Crippen LogP) is 3.88. The number of benzene rings is 1. The van der Waals surface area contributed by atoms with E-state index >= 15 is 0 Å². The smallest absolute Gasteiger partial charge is 0.134 e. The average molecular weight is 329 g/mol. The molecule has 130 valence electrons. The lowest BCUT2D eigenvalue weighted by Crippen LogP contribution is -2.34. The summed E-state index contributed by atoms with van der Waals surface area (Å²) in [5, 5.41) is 0. The van der Waals surface area contributed by atoms with Gasteiger partial charge in [-0.05, 0) is 37.5 Å². The molecule has 2 aromatic rings. The highest BCUT2D eigenvalue weighted by Gasteiger charge is 2.20. The molecule has 0 spiro atoms. The van der Waals surface area contributed by atoms with Gasteiger partial charge in [0.25, 0.3) is 0 Å². The van der Waals surface area contributed by atoms with Crippen molar-refractivity contribution in [2.24, 2.45) is 0 Å². The summed E-state index contributed by atoms with van der Waals surface area (Å²) in [5.41, 5.74) is 2.45. The van der Waals surface area contributed by atoms with Crippen LogP contribution in [0.1, 0.15) is 24.2 Å². The van der Waals surface area contributed by atoms with Gasteiger partial charge in [-0.25, -0.2) is 0 Å². The Morgan fingerprint density at radius 3 is 2.79 bits per heavy atom. The van der Waals surface area contributed by atoms with E-state index < -0.39 is 0 Å². The Kier molecular flexibility index (Phi) is 6.07. The van der Waals surface area contributed by atoms with Gasteiger partial charge in [-0.3, -0.25) is 4.90 Å². The lowest BCUT2D eigenvalue weighted by molar-refractivity contribution is 0.0588. The van der Waals surface area contributed by atoms with Gasteiger partial charge in [0, 0.05) is 38.9 Å². The summed E-state index contributed by atoms with van der Waals surface area (Å²) in [7, 11) is 1.75. The summed E-state index contributed by atoms with van der Waals surface area (Å²) in [4.78, 5) is 2.42. The van der Waals surface area contributed by atoms with Crippen molar-refractivity contribution in [1.82, 2.24) is 4.90 Å². The van der Waals surface area contributed by atoms with Gasteiger partial charge in [0.15, 0.2) is 0 Å². The van der Waals surface area contributed by atoms with E-state index in [1.165, 1.54) is 17.5 Å². The van der Waals surface area contributed by atoms with Crippen LogP contribution < -0.4 is 0 Å².